The highest BCUT2D eigenvalue weighted by molar-refractivity contribution is 7.10. The molecule has 0 radical (unpaired) electrons. The number of halogens is 3. The molecule has 3 rings (SSSR count). The summed E-state index contributed by atoms with van der Waals surface area (Å²) in [6, 6.07) is 4.63. The van der Waals surface area contributed by atoms with E-state index in [1.807, 2.05) is 6.92 Å². The topological polar surface area (TPSA) is 56.0 Å². The minimum Gasteiger partial charge on any atom is -0.439 e. The molecule has 2 aromatic heterocycles. The fourth-order valence-corrected chi connectivity index (χ4v) is 3.34. The highest BCUT2D eigenvalue weighted by atomic mass is 32.1. The number of rotatable bonds is 5. The van der Waals surface area contributed by atoms with Gasteiger partial charge >= 0.3 is 6.18 Å². The maximum atomic E-state index is 12.6. The molecule has 0 aliphatic carbocycles. The lowest BCUT2D eigenvalue weighted by atomic mass is 10.1. The lowest BCUT2D eigenvalue weighted by Crippen LogP contribution is -2.08. The van der Waals surface area contributed by atoms with Crippen LogP contribution in [0.1, 0.15) is 27.7 Å². The molecule has 4 nitrogen and oxygen atoms in total. The molecule has 0 unspecified atom stereocenters. The number of oxazole rings is 1. The Morgan fingerprint density at radius 1 is 1.12 bits per heavy atom. The van der Waals surface area contributed by atoms with E-state index in [1.165, 1.54) is 23.5 Å². The van der Waals surface area contributed by atoms with Crippen LogP contribution in [0, 0.1) is 13.8 Å². The van der Waals surface area contributed by atoms with Gasteiger partial charge in [-0.15, -0.1) is 11.3 Å². The lowest BCUT2D eigenvalue weighted by Gasteiger charge is -2.07. The molecule has 0 aliphatic heterocycles. The van der Waals surface area contributed by atoms with Crippen molar-refractivity contribution in [3.05, 3.63) is 57.4 Å². The predicted octanol–water partition coefficient (Wildman–Crippen LogP) is 4.79. The van der Waals surface area contributed by atoms with E-state index in [1.54, 1.807) is 12.3 Å². The highest BCUT2D eigenvalue weighted by Crippen LogP contribution is 2.29. The Morgan fingerprint density at radius 2 is 1.81 bits per heavy atom. The van der Waals surface area contributed by atoms with Crippen molar-refractivity contribution in [2.75, 3.05) is 0 Å². The summed E-state index contributed by atoms with van der Waals surface area (Å²) in [6.07, 6.45) is -4.19. The highest BCUT2D eigenvalue weighted by Gasteiger charge is 2.30. The van der Waals surface area contributed by atoms with Crippen molar-refractivity contribution >= 4 is 17.1 Å². The number of thiazole rings is 1. The minimum absolute atomic E-state index is 0.0630. The van der Waals surface area contributed by atoms with Crippen LogP contribution in [0.25, 0.3) is 11.5 Å². The van der Waals surface area contributed by atoms with Gasteiger partial charge in [-0.2, -0.15) is 13.2 Å². The van der Waals surface area contributed by atoms with Crippen molar-refractivity contribution in [3.63, 3.8) is 0 Å². The van der Waals surface area contributed by atoms with Crippen molar-refractivity contribution < 1.29 is 22.4 Å². The summed E-state index contributed by atoms with van der Waals surface area (Å²) in [5, 5.41) is 2.43. The smallest absolute Gasteiger partial charge is 0.416 e. The molecule has 0 aliphatic rings. The molecular formula is C18H15F3N2O2S. The van der Waals surface area contributed by atoms with Crippen LogP contribution < -0.4 is 0 Å². The molecule has 2 heterocycles. The molecule has 8 heteroatoms. The monoisotopic (exact) mass is 380 g/mol. The van der Waals surface area contributed by atoms with Crippen molar-refractivity contribution in [2.45, 2.75) is 32.9 Å². The Labute approximate surface area is 151 Å². The van der Waals surface area contributed by atoms with Gasteiger partial charge in [-0.1, -0.05) is 12.1 Å². The van der Waals surface area contributed by atoms with Crippen molar-refractivity contribution in [1.29, 1.82) is 0 Å². The third-order valence-corrected chi connectivity index (χ3v) is 4.57. The lowest BCUT2D eigenvalue weighted by molar-refractivity contribution is -0.137. The number of Topliss-reactive ketones (excluding diaryl/α,β-unsaturated/α-hetero) is 1. The van der Waals surface area contributed by atoms with Crippen LogP contribution in [-0.4, -0.2) is 15.8 Å². The van der Waals surface area contributed by atoms with E-state index >= 15 is 0 Å². The largest absolute Gasteiger partial charge is 0.439 e. The van der Waals surface area contributed by atoms with E-state index in [4.69, 9.17) is 4.42 Å². The number of carbonyl (C=O) groups excluding carboxylic acids is 1. The number of carbonyl (C=O) groups is 1. The van der Waals surface area contributed by atoms with Gasteiger partial charge in [-0.05, 0) is 24.6 Å². The second-order valence-corrected chi connectivity index (χ2v) is 6.80. The first-order valence-corrected chi connectivity index (χ1v) is 8.67. The SMILES string of the molecule is Cc1nc(C)c(-c2csc(CC(=O)Cc3ccc(C(F)(F)F)cc3)n2)o1. The average Bonchev–Trinajstić information content (AvgIpc) is 3.12. The first-order valence-electron chi connectivity index (χ1n) is 7.79. The maximum absolute atomic E-state index is 12.6. The third-order valence-electron chi connectivity index (χ3n) is 3.72. The van der Waals surface area contributed by atoms with Gasteiger partial charge in [0.1, 0.15) is 16.5 Å². The average molecular weight is 380 g/mol. The number of alkyl halides is 3. The molecular weight excluding hydrogens is 365 g/mol. The standard InChI is InChI=1S/C18H15F3N2O2S/c1-10-17(25-11(2)22-10)15-9-26-16(23-15)8-14(24)7-12-3-5-13(6-4-12)18(19,20)21/h3-6,9H,7-8H2,1-2H3. The first-order chi connectivity index (χ1) is 12.2. The van der Waals surface area contributed by atoms with E-state index in [2.05, 4.69) is 9.97 Å². The maximum Gasteiger partial charge on any atom is 0.416 e. The second-order valence-electron chi connectivity index (χ2n) is 5.86. The van der Waals surface area contributed by atoms with Crippen molar-refractivity contribution in [1.82, 2.24) is 9.97 Å². The molecule has 3 aromatic rings. The fourth-order valence-electron chi connectivity index (χ4n) is 2.54. The van der Waals surface area contributed by atoms with Gasteiger partial charge in [0.25, 0.3) is 0 Å². The molecule has 1 aromatic carbocycles. The Kier molecular flexibility index (Phi) is 4.95. The zero-order valence-electron chi connectivity index (χ0n) is 14.1. The van der Waals surface area contributed by atoms with Crippen molar-refractivity contribution in [2.24, 2.45) is 0 Å². The van der Waals surface area contributed by atoms with Crippen LogP contribution in [0.2, 0.25) is 0 Å². The van der Waals surface area contributed by atoms with E-state index < -0.39 is 11.7 Å². The van der Waals surface area contributed by atoms with Gasteiger partial charge in [0.2, 0.25) is 0 Å². The third kappa shape index (κ3) is 4.19. The quantitative estimate of drug-likeness (QED) is 0.639. The van der Waals surface area contributed by atoms with Gasteiger partial charge in [0, 0.05) is 18.7 Å². The molecule has 0 bridgehead atoms. The Balaban J connectivity index is 1.65. The number of ketones is 1. The Morgan fingerprint density at radius 3 is 2.38 bits per heavy atom. The number of benzene rings is 1. The zero-order valence-corrected chi connectivity index (χ0v) is 14.9. The summed E-state index contributed by atoms with van der Waals surface area (Å²) in [5.41, 5.74) is 1.18. The minimum atomic E-state index is -4.38. The number of aryl methyl sites for hydroxylation is 2. The normalized spacial score (nSPS) is 11.7. The molecule has 0 saturated carbocycles. The van der Waals surface area contributed by atoms with Crippen molar-refractivity contribution in [3.8, 4) is 11.5 Å². The zero-order chi connectivity index (χ0) is 18.9. The van der Waals surface area contributed by atoms with Gasteiger partial charge in [-0.25, -0.2) is 9.97 Å². The number of aromatic nitrogens is 2. The van der Waals surface area contributed by atoms with Crippen LogP contribution in [0.5, 0.6) is 0 Å². The Bertz CT molecular complexity index is 927. The molecule has 0 fully saturated rings. The van der Waals surface area contributed by atoms with Crippen LogP contribution >= 0.6 is 11.3 Å². The number of hydrogen-bond acceptors (Lipinski definition) is 5. The number of nitrogens with zero attached hydrogens (tertiary/aromatic N) is 2. The van der Waals surface area contributed by atoms with E-state index in [-0.39, 0.29) is 18.6 Å². The summed E-state index contributed by atoms with van der Waals surface area (Å²) in [5.74, 6) is 1.02. The molecule has 26 heavy (non-hydrogen) atoms. The summed E-state index contributed by atoms with van der Waals surface area (Å²) < 4.78 is 43.2. The van der Waals surface area contributed by atoms with Gasteiger partial charge in [-0.3, -0.25) is 4.79 Å². The fraction of sp³-hybridized carbons (Fsp3) is 0.278. The van der Waals surface area contributed by atoms with E-state index in [9.17, 15) is 18.0 Å². The number of hydrogen-bond donors (Lipinski definition) is 0. The van der Waals surface area contributed by atoms with Crippen LogP contribution in [0.3, 0.4) is 0 Å². The first kappa shape index (κ1) is 18.3. The molecule has 0 amide bonds. The molecule has 0 saturated heterocycles. The van der Waals surface area contributed by atoms with Gasteiger partial charge in [0.05, 0.1) is 17.7 Å². The molecule has 0 atom stereocenters. The summed E-state index contributed by atoms with van der Waals surface area (Å²) in [7, 11) is 0. The summed E-state index contributed by atoms with van der Waals surface area (Å²) in [6.45, 7) is 3.57. The second kappa shape index (κ2) is 7.03. The Hall–Kier alpha value is -2.48. The van der Waals surface area contributed by atoms with Crippen LogP contribution in [-0.2, 0) is 23.8 Å². The van der Waals surface area contributed by atoms with E-state index in [0.717, 1.165) is 17.8 Å². The van der Waals surface area contributed by atoms with Gasteiger partial charge in [0.15, 0.2) is 11.7 Å². The summed E-state index contributed by atoms with van der Waals surface area (Å²) >= 11 is 1.34. The van der Waals surface area contributed by atoms with E-state index in [0.29, 0.717) is 27.9 Å². The van der Waals surface area contributed by atoms with Gasteiger partial charge < -0.3 is 4.42 Å². The predicted molar refractivity (Wildman–Crippen MR) is 90.9 cm³/mol. The van der Waals surface area contributed by atoms with Crippen LogP contribution in [0.4, 0.5) is 13.2 Å². The molecule has 0 N–H and O–H groups in total. The van der Waals surface area contributed by atoms with Crippen LogP contribution in [0.15, 0.2) is 34.1 Å². The molecule has 0 spiro atoms. The summed E-state index contributed by atoms with van der Waals surface area (Å²) in [4.78, 5) is 20.8. The molecule has 136 valence electrons.